The van der Waals surface area contributed by atoms with Gasteiger partial charge in [0.25, 0.3) is 5.91 Å². The molecule has 130 valence electrons. The molecule has 1 aromatic heterocycles. The Balaban J connectivity index is 1.77. The van der Waals surface area contributed by atoms with Gasteiger partial charge >= 0.3 is 0 Å². The Hall–Kier alpha value is -2.60. The monoisotopic (exact) mass is 356 g/mol. The van der Waals surface area contributed by atoms with Crippen molar-refractivity contribution in [1.82, 2.24) is 10.3 Å². The van der Waals surface area contributed by atoms with Crippen LogP contribution in [0.4, 0.5) is 0 Å². The van der Waals surface area contributed by atoms with E-state index in [0.29, 0.717) is 5.69 Å². The number of aromatic amines is 1. The van der Waals surface area contributed by atoms with E-state index in [1.54, 1.807) is 24.3 Å². The first-order valence-electron chi connectivity index (χ1n) is 7.94. The minimum Gasteiger partial charge on any atom is -0.351 e. The molecule has 1 heterocycles. The topological polar surface area (TPSA) is 79.0 Å². The molecule has 0 saturated heterocycles. The van der Waals surface area contributed by atoms with Gasteiger partial charge in [0.1, 0.15) is 5.69 Å². The molecule has 0 bridgehead atoms. The van der Waals surface area contributed by atoms with E-state index in [2.05, 4.69) is 10.3 Å². The maximum absolute atomic E-state index is 12.5. The summed E-state index contributed by atoms with van der Waals surface area (Å²) in [4.78, 5) is 15.9. The highest BCUT2D eigenvalue weighted by atomic mass is 32.2. The van der Waals surface area contributed by atoms with Crippen molar-refractivity contribution in [2.24, 2.45) is 0 Å². The van der Waals surface area contributed by atoms with Crippen LogP contribution in [0.1, 0.15) is 34.6 Å². The van der Waals surface area contributed by atoms with Crippen LogP contribution in [0.25, 0.3) is 10.9 Å². The van der Waals surface area contributed by atoms with Gasteiger partial charge in [0.2, 0.25) is 0 Å². The standard InChI is InChI=1S/C19H20N2O3S/c1-12-4-5-15-11-18(21-17(15)10-12)19(22)20-13(2)14-6-8-16(9-7-14)25(3,23)24/h4-11,13,21H,1-3H3,(H,20,22). The molecule has 0 radical (unpaired) electrons. The summed E-state index contributed by atoms with van der Waals surface area (Å²) in [5, 5.41) is 3.91. The highest BCUT2D eigenvalue weighted by Gasteiger charge is 2.15. The maximum atomic E-state index is 12.5. The molecule has 2 aromatic carbocycles. The summed E-state index contributed by atoms with van der Waals surface area (Å²) in [6.45, 7) is 3.86. The summed E-state index contributed by atoms with van der Waals surface area (Å²) in [6, 6.07) is 14.1. The number of nitrogens with one attached hydrogen (secondary N) is 2. The normalized spacial score (nSPS) is 12.9. The summed E-state index contributed by atoms with van der Waals surface area (Å²) in [5.74, 6) is -0.200. The lowest BCUT2D eigenvalue weighted by atomic mass is 10.1. The first-order chi connectivity index (χ1) is 11.7. The van der Waals surface area contributed by atoms with Crippen molar-refractivity contribution in [1.29, 1.82) is 0 Å². The zero-order chi connectivity index (χ0) is 18.2. The summed E-state index contributed by atoms with van der Waals surface area (Å²) in [7, 11) is -3.22. The largest absolute Gasteiger partial charge is 0.351 e. The Morgan fingerprint density at radius 3 is 2.40 bits per heavy atom. The number of fused-ring (bicyclic) bond motifs is 1. The maximum Gasteiger partial charge on any atom is 0.268 e. The minimum absolute atomic E-state index is 0.200. The predicted molar refractivity (Wildman–Crippen MR) is 98.5 cm³/mol. The first-order valence-corrected chi connectivity index (χ1v) is 9.83. The van der Waals surface area contributed by atoms with E-state index >= 15 is 0 Å². The van der Waals surface area contributed by atoms with Crippen LogP contribution in [-0.4, -0.2) is 25.6 Å². The molecule has 0 spiro atoms. The molecular weight excluding hydrogens is 336 g/mol. The fourth-order valence-electron chi connectivity index (χ4n) is 2.72. The highest BCUT2D eigenvalue weighted by Crippen LogP contribution is 2.19. The van der Waals surface area contributed by atoms with Gasteiger partial charge in [-0.05, 0) is 49.2 Å². The minimum atomic E-state index is -3.22. The van der Waals surface area contributed by atoms with Crippen LogP contribution in [0, 0.1) is 6.92 Å². The number of hydrogen-bond donors (Lipinski definition) is 2. The number of carbonyl (C=O) groups is 1. The number of hydrogen-bond acceptors (Lipinski definition) is 3. The summed E-state index contributed by atoms with van der Waals surface area (Å²) in [5.41, 5.74) is 3.39. The van der Waals surface area contributed by atoms with Crippen LogP contribution in [0.2, 0.25) is 0 Å². The molecular formula is C19H20N2O3S. The Morgan fingerprint density at radius 1 is 1.08 bits per heavy atom. The second kappa shape index (κ2) is 6.37. The zero-order valence-corrected chi connectivity index (χ0v) is 15.1. The van der Waals surface area contributed by atoms with Crippen molar-refractivity contribution in [3.8, 4) is 0 Å². The van der Waals surface area contributed by atoms with Crippen molar-refractivity contribution in [3.05, 3.63) is 65.4 Å². The van der Waals surface area contributed by atoms with E-state index in [1.807, 2.05) is 38.1 Å². The number of H-pyrrole nitrogens is 1. The number of amides is 1. The van der Waals surface area contributed by atoms with E-state index in [1.165, 1.54) is 6.26 Å². The van der Waals surface area contributed by atoms with Crippen LogP contribution < -0.4 is 5.32 Å². The van der Waals surface area contributed by atoms with Crippen molar-refractivity contribution in [2.75, 3.05) is 6.26 Å². The van der Waals surface area contributed by atoms with E-state index in [4.69, 9.17) is 0 Å². The van der Waals surface area contributed by atoms with Gasteiger partial charge in [-0.2, -0.15) is 0 Å². The van der Waals surface area contributed by atoms with Gasteiger partial charge < -0.3 is 10.3 Å². The SMILES string of the molecule is Cc1ccc2cc(C(=O)NC(C)c3ccc(S(C)(=O)=O)cc3)[nH]c2c1. The van der Waals surface area contributed by atoms with Crippen LogP contribution in [0.5, 0.6) is 0 Å². The molecule has 5 nitrogen and oxygen atoms in total. The van der Waals surface area contributed by atoms with Gasteiger partial charge in [0, 0.05) is 17.2 Å². The lowest BCUT2D eigenvalue weighted by molar-refractivity contribution is 0.0935. The molecule has 25 heavy (non-hydrogen) atoms. The Kier molecular flexibility index (Phi) is 4.39. The van der Waals surface area contributed by atoms with Gasteiger partial charge in [-0.15, -0.1) is 0 Å². The molecule has 1 amide bonds. The lowest BCUT2D eigenvalue weighted by Crippen LogP contribution is -2.26. The van der Waals surface area contributed by atoms with Crippen LogP contribution in [0.15, 0.2) is 53.4 Å². The van der Waals surface area contributed by atoms with E-state index in [0.717, 1.165) is 22.0 Å². The van der Waals surface area contributed by atoms with Crippen LogP contribution in [-0.2, 0) is 9.84 Å². The molecule has 1 atom stereocenters. The average molecular weight is 356 g/mol. The van der Waals surface area contributed by atoms with E-state index in [-0.39, 0.29) is 16.8 Å². The third-order valence-corrected chi connectivity index (χ3v) is 5.31. The van der Waals surface area contributed by atoms with E-state index < -0.39 is 9.84 Å². The lowest BCUT2D eigenvalue weighted by Gasteiger charge is -2.14. The van der Waals surface area contributed by atoms with Crippen molar-refractivity contribution in [2.45, 2.75) is 24.8 Å². The van der Waals surface area contributed by atoms with Crippen molar-refractivity contribution < 1.29 is 13.2 Å². The molecule has 0 aliphatic heterocycles. The number of aryl methyl sites for hydroxylation is 1. The molecule has 0 aliphatic rings. The molecule has 0 saturated carbocycles. The third kappa shape index (κ3) is 3.74. The number of sulfone groups is 1. The summed E-state index contributed by atoms with van der Waals surface area (Å²) in [6.07, 6.45) is 1.17. The molecule has 0 aliphatic carbocycles. The first kappa shape index (κ1) is 17.2. The predicted octanol–water partition coefficient (Wildman–Crippen LogP) is 3.37. The molecule has 3 rings (SSSR count). The highest BCUT2D eigenvalue weighted by molar-refractivity contribution is 7.90. The molecule has 6 heteroatoms. The number of rotatable bonds is 4. The summed E-state index contributed by atoms with van der Waals surface area (Å²) >= 11 is 0. The molecule has 2 N–H and O–H groups in total. The quantitative estimate of drug-likeness (QED) is 0.752. The van der Waals surface area contributed by atoms with Crippen molar-refractivity contribution >= 4 is 26.6 Å². The van der Waals surface area contributed by atoms with Gasteiger partial charge in [-0.3, -0.25) is 4.79 Å². The fraction of sp³-hybridized carbons (Fsp3) is 0.211. The van der Waals surface area contributed by atoms with Crippen LogP contribution in [0.3, 0.4) is 0 Å². The van der Waals surface area contributed by atoms with Crippen molar-refractivity contribution in [3.63, 3.8) is 0 Å². The smallest absolute Gasteiger partial charge is 0.268 e. The van der Waals surface area contributed by atoms with Gasteiger partial charge in [0.15, 0.2) is 9.84 Å². The third-order valence-electron chi connectivity index (χ3n) is 4.18. The van der Waals surface area contributed by atoms with Gasteiger partial charge in [-0.1, -0.05) is 24.3 Å². The van der Waals surface area contributed by atoms with Gasteiger partial charge in [0.05, 0.1) is 10.9 Å². The average Bonchev–Trinajstić information content (AvgIpc) is 2.97. The Morgan fingerprint density at radius 2 is 1.76 bits per heavy atom. The summed E-state index contributed by atoms with van der Waals surface area (Å²) < 4.78 is 23.0. The fourth-order valence-corrected chi connectivity index (χ4v) is 3.36. The molecule has 0 fully saturated rings. The second-order valence-electron chi connectivity index (χ2n) is 6.31. The van der Waals surface area contributed by atoms with Crippen LogP contribution >= 0.6 is 0 Å². The molecule has 1 unspecified atom stereocenters. The number of carbonyl (C=O) groups excluding carboxylic acids is 1. The Bertz CT molecular complexity index is 1030. The molecule has 3 aromatic rings. The van der Waals surface area contributed by atoms with Gasteiger partial charge in [-0.25, -0.2) is 8.42 Å². The number of aromatic nitrogens is 1. The Labute approximate surface area is 147 Å². The number of benzene rings is 2. The second-order valence-corrected chi connectivity index (χ2v) is 8.33. The zero-order valence-electron chi connectivity index (χ0n) is 14.3. The van der Waals surface area contributed by atoms with E-state index in [9.17, 15) is 13.2 Å².